The molecule has 1 fully saturated rings. The van der Waals surface area contributed by atoms with Crippen LogP contribution in [0.5, 0.6) is 0 Å². The number of carbonyl (C=O) groups is 3. The topological polar surface area (TPSA) is 127 Å². The Morgan fingerprint density at radius 3 is 2.11 bits per heavy atom. The van der Waals surface area contributed by atoms with Crippen LogP contribution in [0.4, 0.5) is 23.7 Å². The third kappa shape index (κ3) is 7.71. The van der Waals surface area contributed by atoms with E-state index in [1.165, 1.54) is 35.1 Å². The molecule has 5 rings (SSSR count). The molecule has 0 bridgehead atoms. The second-order valence-electron chi connectivity index (χ2n) is 12.0. The van der Waals surface area contributed by atoms with Gasteiger partial charge >= 0.3 is 18.2 Å². The molecule has 1 saturated heterocycles. The van der Waals surface area contributed by atoms with E-state index in [0.29, 0.717) is 59.7 Å². The summed E-state index contributed by atoms with van der Waals surface area (Å²) in [6, 6.07) is 16.1. The fourth-order valence-electron chi connectivity index (χ4n) is 5.03. The van der Waals surface area contributed by atoms with Gasteiger partial charge in [-0.3, -0.25) is 4.79 Å². The Kier molecular flexibility index (Phi) is 8.86. The zero-order valence-corrected chi connectivity index (χ0v) is 25.3. The average Bonchev–Trinajstić information content (AvgIpc) is 3.51. The highest BCUT2D eigenvalue weighted by molar-refractivity contribution is 5.93. The number of carbonyl (C=O) groups excluding carboxylic acids is 2. The first kappa shape index (κ1) is 32.2. The van der Waals surface area contributed by atoms with Crippen LogP contribution in [0.3, 0.4) is 0 Å². The molecule has 10 nitrogen and oxygen atoms in total. The van der Waals surface area contributed by atoms with Crippen LogP contribution in [-0.4, -0.2) is 61.7 Å². The number of ether oxygens (including phenoxy) is 1. The zero-order valence-electron chi connectivity index (χ0n) is 25.3. The van der Waals surface area contributed by atoms with Gasteiger partial charge < -0.3 is 20.1 Å². The number of hydrogen-bond acceptors (Lipinski definition) is 6. The van der Waals surface area contributed by atoms with Crippen molar-refractivity contribution in [3.05, 3.63) is 84.1 Å². The number of carboxylic acid groups (broad SMARTS) is 1. The van der Waals surface area contributed by atoms with Crippen molar-refractivity contribution in [1.82, 2.24) is 19.9 Å². The summed E-state index contributed by atoms with van der Waals surface area (Å²) in [5, 5.41) is 20.8. The van der Waals surface area contributed by atoms with Crippen LogP contribution in [0.1, 0.15) is 49.5 Å². The molecule has 0 spiro atoms. The maximum Gasteiger partial charge on any atom is 0.416 e. The summed E-state index contributed by atoms with van der Waals surface area (Å²) in [5.41, 5.74) is 1.54. The van der Waals surface area contributed by atoms with Crippen molar-refractivity contribution in [3.63, 3.8) is 0 Å². The SMILES string of the molecule is CC(C)(C)OC(=O)N1CCC(C(=O)Nc2ccc(-c3cc(C(=O)O)cc(-n4cc(-c5ccc(C(F)(F)F)cc5)nn4)c3)cc2)CC1. The highest BCUT2D eigenvalue weighted by atomic mass is 19.4. The molecule has 0 radical (unpaired) electrons. The lowest BCUT2D eigenvalue weighted by Crippen LogP contribution is -2.43. The van der Waals surface area contributed by atoms with Crippen molar-refractivity contribution in [2.24, 2.45) is 5.92 Å². The number of aromatic nitrogens is 3. The predicted molar refractivity (Wildman–Crippen MR) is 163 cm³/mol. The minimum absolute atomic E-state index is 0.00539. The molecule has 0 atom stereocenters. The fraction of sp³-hybridized carbons (Fsp3) is 0.303. The second kappa shape index (κ2) is 12.7. The van der Waals surface area contributed by atoms with Gasteiger partial charge in [-0.25, -0.2) is 14.3 Å². The molecule has 46 heavy (non-hydrogen) atoms. The smallest absolute Gasteiger partial charge is 0.416 e. The summed E-state index contributed by atoms with van der Waals surface area (Å²) in [5.74, 6) is -1.57. The monoisotopic (exact) mass is 635 g/mol. The molecule has 1 aromatic heterocycles. The van der Waals surface area contributed by atoms with E-state index >= 15 is 0 Å². The quantitative estimate of drug-likeness (QED) is 0.236. The molecule has 2 heterocycles. The summed E-state index contributed by atoms with van der Waals surface area (Å²) in [7, 11) is 0. The number of halogens is 3. The van der Waals surface area contributed by atoms with E-state index in [2.05, 4.69) is 15.6 Å². The molecule has 4 aromatic rings. The van der Waals surface area contributed by atoms with E-state index in [1.807, 2.05) is 0 Å². The van der Waals surface area contributed by atoms with Gasteiger partial charge in [0, 0.05) is 30.3 Å². The van der Waals surface area contributed by atoms with E-state index in [9.17, 15) is 32.7 Å². The third-order valence-corrected chi connectivity index (χ3v) is 7.43. The van der Waals surface area contributed by atoms with Crippen molar-refractivity contribution in [2.75, 3.05) is 18.4 Å². The van der Waals surface area contributed by atoms with Gasteiger partial charge in [0.1, 0.15) is 11.3 Å². The molecule has 2 N–H and O–H groups in total. The van der Waals surface area contributed by atoms with E-state index in [0.717, 1.165) is 12.1 Å². The lowest BCUT2D eigenvalue weighted by molar-refractivity contribution is -0.137. The zero-order chi connectivity index (χ0) is 33.2. The van der Waals surface area contributed by atoms with Crippen LogP contribution in [0.2, 0.25) is 0 Å². The number of hydrogen-bond donors (Lipinski definition) is 2. The Morgan fingerprint density at radius 2 is 1.52 bits per heavy atom. The molecule has 1 aliphatic heterocycles. The number of rotatable bonds is 6. The maximum atomic E-state index is 12.9. The van der Waals surface area contributed by atoms with Crippen molar-refractivity contribution >= 4 is 23.7 Å². The Balaban J connectivity index is 1.27. The third-order valence-electron chi connectivity index (χ3n) is 7.43. The summed E-state index contributed by atoms with van der Waals surface area (Å²) in [4.78, 5) is 38.8. The van der Waals surface area contributed by atoms with Crippen LogP contribution in [0.15, 0.2) is 72.9 Å². The number of amides is 2. The van der Waals surface area contributed by atoms with Gasteiger partial charge in [-0.05, 0) is 87.2 Å². The van der Waals surface area contributed by atoms with Crippen molar-refractivity contribution in [3.8, 4) is 28.1 Å². The van der Waals surface area contributed by atoms with Crippen molar-refractivity contribution < 1.29 is 37.4 Å². The molecule has 1 aliphatic rings. The normalized spacial score (nSPS) is 14.2. The maximum absolute atomic E-state index is 12.9. The Labute approximate surface area is 262 Å². The summed E-state index contributed by atoms with van der Waals surface area (Å²) in [6.07, 6.45) is -2.33. The number of anilines is 1. The molecule has 13 heteroatoms. The lowest BCUT2D eigenvalue weighted by atomic mass is 9.96. The first-order chi connectivity index (χ1) is 21.7. The number of likely N-dealkylation sites (tertiary alicyclic amines) is 1. The predicted octanol–water partition coefficient (Wildman–Crippen LogP) is 6.90. The molecule has 0 saturated carbocycles. The van der Waals surface area contributed by atoms with Gasteiger partial charge in [0.25, 0.3) is 0 Å². The number of alkyl halides is 3. The van der Waals surface area contributed by atoms with Gasteiger partial charge in [-0.1, -0.05) is 29.5 Å². The first-order valence-corrected chi connectivity index (χ1v) is 14.5. The van der Waals surface area contributed by atoms with E-state index in [-0.39, 0.29) is 23.5 Å². The highest BCUT2D eigenvalue weighted by Gasteiger charge is 2.31. The number of piperidine rings is 1. The minimum atomic E-state index is -4.46. The Bertz CT molecular complexity index is 1740. The average molecular weight is 636 g/mol. The number of benzene rings is 3. The fourth-order valence-corrected chi connectivity index (χ4v) is 5.03. The van der Waals surface area contributed by atoms with Crippen LogP contribution < -0.4 is 5.32 Å². The molecular formula is C33H32F3N5O5. The number of nitrogens with zero attached hydrogens (tertiary/aromatic N) is 4. The highest BCUT2D eigenvalue weighted by Crippen LogP contribution is 2.31. The number of nitrogens with one attached hydrogen (secondary N) is 1. The standard InChI is InChI=1S/C33H32F3N5O5/c1-32(2,3)46-31(45)40-14-12-22(13-15-40)29(42)37-26-10-6-20(7-11-26)23-16-24(30(43)44)18-27(17-23)41-19-28(38-39-41)21-4-8-25(9-5-21)33(34,35)36/h4-11,16-19,22H,12-15H2,1-3H3,(H,37,42)(H,43,44). The lowest BCUT2D eigenvalue weighted by Gasteiger charge is -2.32. The van der Waals surface area contributed by atoms with Gasteiger partial charge in [0.2, 0.25) is 5.91 Å². The summed E-state index contributed by atoms with van der Waals surface area (Å²) >= 11 is 0. The van der Waals surface area contributed by atoms with Gasteiger partial charge in [0.15, 0.2) is 0 Å². The van der Waals surface area contributed by atoms with Crippen molar-refractivity contribution in [2.45, 2.75) is 45.4 Å². The molecule has 3 aromatic carbocycles. The molecule has 0 unspecified atom stereocenters. The van der Waals surface area contributed by atoms with Crippen LogP contribution in [-0.2, 0) is 15.7 Å². The first-order valence-electron chi connectivity index (χ1n) is 14.5. The summed E-state index contributed by atoms with van der Waals surface area (Å²) in [6.45, 7) is 6.26. The number of aromatic carboxylic acids is 1. The van der Waals surface area contributed by atoms with Gasteiger partial charge in [-0.2, -0.15) is 13.2 Å². The van der Waals surface area contributed by atoms with E-state index in [4.69, 9.17) is 4.74 Å². The van der Waals surface area contributed by atoms with Crippen LogP contribution in [0, 0.1) is 5.92 Å². The summed E-state index contributed by atoms with van der Waals surface area (Å²) < 4.78 is 45.6. The van der Waals surface area contributed by atoms with Crippen LogP contribution in [0.25, 0.3) is 28.1 Å². The van der Waals surface area contributed by atoms with Crippen LogP contribution >= 0.6 is 0 Å². The van der Waals surface area contributed by atoms with Gasteiger partial charge in [0.05, 0.1) is 23.0 Å². The second-order valence-corrected chi connectivity index (χ2v) is 12.0. The van der Waals surface area contributed by atoms with Crippen molar-refractivity contribution in [1.29, 1.82) is 0 Å². The largest absolute Gasteiger partial charge is 0.478 e. The molecule has 0 aliphatic carbocycles. The van der Waals surface area contributed by atoms with Gasteiger partial charge in [-0.15, -0.1) is 5.10 Å². The van der Waals surface area contributed by atoms with E-state index in [1.54, 1.807) is 56.0 Å². The number of carboxylic acids is 1. The Morgan fingerprint density at radius 1 is 0.891 bits per heavy atom. The molecule has 2 amide bonds. The molecular weight excluding hydrogens is 603 g/mol. The minimum Gasteiger partial charge on any atom is -0.478 e. The Hall–Kier alpha value is -5.20. The molecule has 240 valence electrons. The van der Waals surface area contributed by atoms with E-state index < -0.39 is 23.3 Å².